The van der Waals surface area contributed by atoms with E-state index in [2.05, 4.69) is 0 Å². The third-order valence-corrected chi connectivity index (χ3v) is 1.50. The molecule has 0 saturated carbocycles. The molecular weight excluding hydrogens is 164 g/mol. The molecule has 0 spiro atoms. The van der Waals surface area contributed by atoms with E-state index >= 15 is 0 Å². The van der Waals surface area contributed by atoms with Gasteiger partial charge in [-0.05, 0) is 6.42 Å². The second-order valence-electron chi connectivity index (χ2n) is 2.67. The number of aliphatic hydroxyl groups is 2. The summed E-state index contributed by atoms with van der Waals surface area (Å²) in [6, 6.07) is -1.07. The average molecular weight is 178 g/mol. The van der Waals surface area contributed by atoms with E-state index in [0.29, 0.717) is 0 Å². The van der Waals surface area contributed by atoms with Crippen molar-refractivity contribution < 1.29 is 20.1 Å². The highest BCUT2D eigenvalue weighted by molar-refractivity contribution is 5.72. The minimum absolute atomic E-state index is 0.0144. The Balaban J connectivity index is 3.75. The van der Waals surface area contributed by atoms with Crippen molar-refractivity contribution in [1.29, 1.82) is 0 Å². The molecule has 0 heterocycles. The molecule has 0 rings (SSSR count). The molecule has 6 heteroatoms. The van der Waals surface area contributed by atoms with E-state index in [0.717, 1.165) is 0 Å². The maximum atomic E-state index is 10.2. The zero-order valence-corrected chi connectivity index (χ0v) is 6.60. The van der Waals surface area contributed by atoms with Crippen LogP contribution in [0.3, 0.4) is 0 Å². The molecule has 7 N–H and O–H groups in total. The van der Waals surface area contributed by atoms with Gasteiger partial charge in [-0.2, -0.15) is 0 Å². The summed E-state index contributed by atoms with van der Waals surface area (Å²) in [5, 5.41) is 26.2. The van der Waals surface area contributed by atoms with Gasteiger partial charge in [0.1, 0.15) is 6.04 Å². The van der Waals surface area contributed by atoms with Gasteiger partial charge in [0.25, 0.3) is 0 Å². The number of carboxylic acid groups (broad SMARTS) is 1. The fourth-order valence-electron chi connectivity index (χ4n) is 0.612. The van der Waals surface area contributed by atoms with Crippen LogP contribution >= 0.6 is 0 Å². The second-order valence-corrected chi connectivity index (χ2v) is 2.67. The van der Waals surface area contributed by atoms with Crippen LogP contribution in [-0.4, -0.2) is 39.7 Å². The minimum Gasteiger partial charge on any atom is -0.480 e. The second kappa shape index (κ2) is 4.36. The number of nitrogens with two attached hydrogens (primary N) is 2. The van der Waals surface area contributed by atoms with Gasteiger partial charge in [-0.25, -0.2) is 0 Å². The standard InChI is InChI=1S/C6H14N2O4/c7-3-6(11,12)2-1-4(8)5(9)10/h4,11-12H,1-3,7-8H2,(H,9,10)/t4-/m0/s1. The van der Waals surface area contributed by atoms with Crippen LogP contribution in [-0.2, 0) is 4.79 Å². The number of rotatable bonds is 5. The highest BCUT2D eigenvalue weighted by Crippen LogP contribution is 2.08. The Labute approximate surface area is 69.8 Å². The molecule has 0 aliphatic rings. The molecule has 0 saturated heterocycles. The third-order valence-electron chi connectivity index (χ3n) is 1.50. The molecule has 0 fully saturated rings. The van der Waals surface area contributed by atoms with E-state index in [1.165, 1.54) is 0 Å². The van der Waals surface area contributed by atoms with Crippen LogP contribution in [0.25, 0.3) is 0 Å². The number of carboxylic acids is 1. The summed E-state index contributed by atoms with van der Waals surface area (Å²) in [6.07, 6.45) is -0.156. The molecule has 0 unspecified atom stereocenters. The van der Waals surface area contributed by atoms with Gasteiger partial charge in [0.05, 0.1) is 0 Å². The summed E-state index contributed by atoms with van der Waals surface area (Å²) >= 11 is 0. The third kappa shape index (κ3) is 4.24. The van der Waals surface area contributed by atoms with Crippen LogP contribution in [0.5, 0.6) is 0 Å². The lowest BCUT2D eigenvalue weighted by Gasteiger charge is -2.19. The highest BCUT2D eigenvalue weighted by atomic mass is 16.5. The van der Waals surface area contributed by atoms with Gasteiger partial charge >= 0.3 is 5.97 Å². The summed E-state index contributed by atoms with van der Waals surface area (Å²) < 4.78 is 0. The quantitative estimate of drug-likeness (QED) is 0.304. The summed E-state index contributed by atoms with van der Waals surface area (Å²) in [7, 11) is 0. The maximum Gasteiger partial charge on any atom is 0.320 e. The summed E-state index contributed by atoms with van der Waals surface area (Å²) in [6.45, 7) is -0.334. The monoisotopic (exact) mass is 178 g/mol. The van der Waals surface area contributed by atoms with Crippen molar-refractivity contribution in [2.75, 3.05) is 6.54 Å². The number of hydrogen-bond acceptors (Lipinski definition) is 5. The van der Waals surface area contributed by atoms with E-state index in [1.54, 1.807) is 0 Å². The van der Waals surface area contributed by atoms with Crippen molar-refractivity contribution in [3.63, 3.8) is 0 Å². The van der Waals surface area contributed by atoms with Crippen LogP contribution in [0.4, 0.5) is 0 Å². The number of hydrogen-bond donors (Lipinski definition) is 5. The summed E-state index contributed by atoms with van der Waals surface area (Å²) in [5.74, 6) is -3.17. The van der Waals surface area contributed by atoms with Crippen LogP contribution in [0.15, 0.2) is 0 Å². The zero-order valence-electron chi connectivity index (χ0n) is 6.60. The Morgan fingerprint density at radius 2 is 2.00 bits per heavy atom. The smallest absolute Gasteiger partial charge is 0.320 e. The molecule has 6 nitrogen and oxygen atoms in total. The van der Waals surface area contributed by atoms with Crippen LogP contribution in [0, 0.1) is 0 Å². The molecule has 0 amide bonds. The topological polar surface area (TPSA) is 130 Å². The molecular formula is C6H14N2O4. The fourth-order valence-corrected chi connectivity index (χ4v) is 0.612. The van der Waals surface area contributed by atoms with Crippen molar-refractivity contribution in [2.45, 2.75) is 24.7 Å². The Bertz CT molecular complexity index is 160. The van der Waals surface area contributed by atoms with Gasteiger partial charge < -0.3 is 26.8 Å². The number of aliphatic carboxylic acids is 1. The molecule has 0 radical (unpaired) electrons. The van der Waals surface area contributed by atoms with Crippen LogP contribution < -0.4 is 11.5 Å². The molecule has 0 aliphatic carbocycles. The van der Waals surface area contributed by atoms with E-state index in [9.17, 15) is 4.79 Å². The van der Waals surface area contributed by atoms with E-state index in [1.807, 2.05) is 0 Å². The minimum atomic E-state index is -2.01. The van der Waals surface area contributed by atoms with Gasteiger partial charge in [-0.3, -0.25) is 4.79 Å². The Morgan fingerprint density at radius 3 is 2.33 bits per heavy atom. The first-order valence-corrected chi connectivity index (χ1v) is 3.52. The van der Waals surface area contributed by atoms with Crippen LogP contribution in [0.2, 0.25) is 0 Å². The lowest BCUT2D eigenvalue weighted by atomic mass is 10.1. The predicted octanol–water partition coefficient (Wildman–Crippen LogP) is -2.18. The van der Waals surface area contributed by atoms with Gasteiger partial charge in [0, 0.05) is 13.0 Å². The lowest BCUT2D eigenvalue weighted by Crippen LogP contribution is -2.40. The molecule has 0 aromatic heterocycles. The molecule has 0 bridgehead atoms. The number of carbonyl (C=O) groups is 1. The first-order chi connectivity index (χ1) is 5.39. The largest absolute Gasteiger partial charge is 0.480 e. The molecule has 1 atom stereocenters. The first-order valence-electron chi connectivity index (χ1n) is 3.52. The molecule has 0 aliphatic heterocycles. The molecule has 0 aromatic carbocycles. The normalized spacial score (nSPS) is 14.3. The first kappa shape index (κ1) is 11.3. The molecule has 72 valence electrons. The van der Waals surface area contributed by atoms with Gasteiger partial charge in [-0.15, -0.1) is 0 Å². The SMILES string of the molecule is NCC(O)(O)CC[C@H](N)C(=O)O. The Hall–Kier alpha value is -0.690. The maximum absolute atomic E-state index is 10.2. The van der Waals surface area contributed by atoms with Gasteiger partial charge in [0.15, 0.2) is 5.79 Å². The van der Waals surface area contributed by atoms with Crippen molar-refractivity contribution in [1.82, 2.24) is 0 Å². The Morgan fingerprint density at radius 1 is 1.50 bits per heavy atom. The van der Waals surface area contributed by atoms with Gasteiger partial charge in [0.2, 0.25) is 0 Å². The van der Waals surface area contributed by atoms with E-state index in [4.69, 9.17) is 26.8 Å². The molecule has 0 aromatic rings. The van der Waals surface area contributed by atoms with Crippen molar-refractivity contribution in [3.8, 4) is 0 Å². The van der Waals surface area contributed by atoms with E-state index in [-0.39, 0.29) is 19.4 Å². The van der Waals surface area contributed by atoms with Crippen LogP contribution in [0.1, 0.15) is 12.8 Å². The zero-order chi connectivity index (χ0) is 9.78. The van der Waals surface area contributed by atoms with E-state index < -0.39 is 17.8 Å². The fraction of sp³-hybridized carbons (Fsp3) is 0.833. The molecule has 12 heavy (non-hydrogen) atoms. The average Bonchev–Trinajstić information content (AvgIpc) is 2.00. The summed E-state index contributed by atoms with van der Waals surface area (Å²) in [5.41, 5.74) is 10.1. The van der Waals surface area contributed by atoms with Crippen molar-refractivity contribution >= 4 is 5.97 Å². The van der Waals surface area contributed by atoms with Gasteiger partial charge in [-0.1, -0.05) is 0 Å². The van der Waals surface area contributed by atoms with Crippen molar-refractivity contribution in [3.05, 3.63) is 0 Å². The van der Waals surface area contributed by atoms with Crippen molar-refractivity contribution in [2.24, 2.45) is 11.5 Å². The summed E-state index contributed by atoms with van der Waals surface area (Å²) in [4.78, 5) is 10.2. The highest BCUT2D eigenvalue weighted by Gasteiger charge is 2.23. The lowest BCUT2D eigenvalue weighted by molar-refractivity contribution is -0.159. The predicted molar refractivity (Wildman–Crippen MR) is 41.1 cm³/mol. The Kier molecular flexibility index (Phi) is 4.11.